The lowest BCUT2D eigenvalue weighted by Gasteiger charge is -2.26. The van der Waals surface area contributed by atoms with E-state index in [-0.39, 0.29) is 37.5 Å². The predicted octanol–water partition coefficient (Wildman–Crippen LogP) is 0.115. The van der Waals surface area contributed by atoms with Gasteiger partial charge in [0.15, 0.2) is 5.96 Å². The topological polar surface area (TPSA) is 267 Å². The number of phenolic OH excluding ortho intramolecular Hbond substituents is 1. The van der Waals surface area contributed by atoms with Crippen molar-refractivity contribution >= 4 is 29.6 Å². The van der Waals surface area contributed by atoms with E-state index in [9.17, 15) is 24.3 Å². The Morgan fingerprint density at radius 3 is 1.96 bits per heavy atom. The van der Waals surface area contributed by atoms with Crippen LogP contribution >= 0.6 is 0 Å². The summed E-state index contributed by atoms with van der Waals surface area (Å²) in [4.78, 5) is 57.4. The van der Waals surface area contributed by atoms with Gasteiger partial charge in [0.25, 0.3) is 0 Å². The molecule has 270 valence electrons. The first-order valence-corrected chi connectivity index (χ1v) is 16.8. The quantitative estimate of drug-likeness (QED) is 0.0521. The van der Waals surface area contributed by atoms with Crippen molar-refractivity contribution in [3.8, 4) is 5.75 Å². The summed E-state index contributed by atoms with van der Waals surface area (Å²) in [6.07, 6.45) is 3.00. The van der Waals surface area contributed by atoms with Crippen LogP contribution in [0.2, 0.25) is 0 Å². The van der Waals surface area contributed by atoms with Gasteiger partial charge in [-0.2, -0.15) is 0 Å². The molecule has 4 atom stereocenters. The summed E-state index contributed by atoms with van der Waals surface area (Å²) in [7, 11) is 0. The van der Waals surface area contributed by atoms with Crippen LogP contribution < -0.4 is 44.6 Å². The second-order valence-corrected chi connectivity index (χ2v) is 12.5. The van der Waals surface area contributed by atoms with Crippen molar-refractivity contribution in [2.45, 2.75) is 103 Å². The summed E-state index contributed by atoms with van der Waals surface area (Å²) in [5.74, 6) is -2.47. The molecule has 0 unspecified atom stereocenters. The van der Waals surface area contributed by atoms with Crippen molar-refractivity contribution in [3.63, 3.8) is 0 Å². The van der Waals surface area contributed by atoms with E-state index in [4.69, 9.17) is 28.7 Å². The van der Waals surface area contributed by atoms with Gasteiger partial charge in [0.2, 0.25) is 23.6 Å². The van der Waals surface area contributed by atoms with Gasteiger partial charge in [0.05, 0.1) is 6.04 Å². The molecule has 14 N–H and O–H groups in total. The predicted molar refractivity (Wildman–Crippen MR) is 191 cm³/mol. The third-order valence-corrected chi connectivity index (χ3v) is 8.56. The van der Waals surface area contributed by atoms with E-state index in [1.807, 2.05) is 45.9 Å². The number of hydrogen-bond donors (Lipinski definition) is 9. The number of nitrogens with two attached hydrogens (primary N) is 5. The fraction of sp³-hybridized carbons (Fsp3) is 0.514. The molecule has 2 aromatic carbocycles. The van der Waals surface area contributed by atoms with E-state index in [1.54, 1.807) is 12.1 Å². The highest BCUT2D eigenvalue weighted by Crippen LogP contribution is 2.22. The lowest BCUT2D eigenvalue weighted by molar-refractivity contribution is -0.133. The molecular formula is C35H55N9O5. The lowest BCUT2D eigenvalue weighted by Crippen LogP contribution is -2.58. The number of rotatable bonds is 20. The Hall–Kier alpha value is -4.69. The molecule has 0 radical (unpaired) electrons. The third kappa shape index (κ3) is 13.0. The van der Waals surface area contributed by atoms with Crippen molar-refractivity contribution in [1.29, 1.82) is 0 Å². The maximum absolute atomic E-state index is 13.9. The number of carbonyl (C=O) groups excluding carboxylic acids is 4. The number of nitrogens with zero attached hydrogens (tertiary/aromatic N) is 1. The van der Waals surface area contributed by atoms with Gasteiger partial charge in [0.1, 0.15) is 23.9 Å². The minimum atomic E-state index is -1.11. The molecule has 14 heteroatoms. The normalized spacial score (nSPS) is 13.4. The molecule has 2 aromatic rings. The van der Waals surface area contributed by atoms with E-state index in [0.29, 0.717) is 38.6 Å². The van der Waals surface area contributed by atoms with E-state index in [0.717, 1.165) is 33.4 Å². The molecule has 0 saturated carbocycles. The highest BCUT2D eigenvalue weighted by atomic mass is 16.3. The molecule has 0 fully saturated rings. The molecule has 4 amide bonds. The summed E-state index contributed by atoms with van der Waals surface area (Å²) in [6.45, 7) is 8.19. The lowest BCUT2D eigenvalue weighted by atomic mass is 9.93. The van der Waals surface area contributed by atoms with Crippen LogP contribution in [0.1, 0.15) is 72.4 Å². The molecule has 14 nitrogen and oxygen atoms in total. The number of carbonyl (C=O) groups is 4. The summed E-state index contributed by atoms with van der Waals surface area (Å²) < 4.78 is 0. The summed E-state index contributed by atoms with van der Waals surface area (Å²) in [5.41, 5.74) is 33.7. The van der Waals surface area contributed by atoms with Gasteiger partial charge in [-0.3, -0.25) is 24.2 Å². The minimum Gasteiger partial charge on any atom is -0.508 e. The molecule has 49 heavy (non-hydrogen) atoms. The fourth-order valence-corrected chi connectivity index (χ4v) is 5.78. The first-order chi connectivity index (χ1) is 23.2. The number of aliphatic imine (C=N–C) groups is 1. The number of guanidine groups is 1. The zero-order valence-corrected chi connectivity index (χ0v) is 29.2. The standard InChI is InChI=1S/C35H55N9O5/c1-5-23-11-8-10-20(2)26(23)19-30(34(49)42-28(31(38)46)12-6-7-14-36)44-33(48)29(13-9-15-41-35(39)40)43-32(47)27(37)18-25-21(3)16-24(45)17-22(25)4/h8,10-11,16-17,27-30,45H,5-7,9,12-15,18-19,36-37H2,1-4H3,(H2,38,46)(H,42,49)(H,43,47)(H,44,48)(H4,39,40,41)/t27-,28-,29+,30-/m0/s1. The van der Waals surface area contributed by atoms with Crippen LogP contribution in [0.4, 0.5) is 0 Å². The van der Waals surface area contributed by atoms with Gasteiger partial charge in [-0.25, -0.2) is 0 Å². The second-order valence-electron chi connectivity index (χ2n) is 12.5. The Kier molecular flexibility index (Phi) is 16.5. The van der Waals surface area contributed by atoms with E-state index < -0.39 is 47.8 Å². The number of amides is 4. The van der Waals surface area contributed by atoms with Crippen LogP contribution in [0.15, 0.2) is 35.3 Å². The van der Waals surface area contributed by atoms with Crippen LogP contribution in [0.25, 0.3) is 0 Å². The average Bonchev–Trinajstić information content (AvgIpc) is 3.03. The van der Waals surface area contributed by atoms with Gasteiger partial charge in [0, 0.05) is 13.0 Å². The third-order valence-electron chi connectivity index (χ3n) is 8.56. The Bertz CT molecular complexity index is 1450. The van der Waals surface area contributed by atoms with E-state index >= 15 is 0 Å². The Labute approximate surface area is 289 Å². The number of primary amides is 1. The van der Waals surface area contributed by atoms with Gasteiger partial charge < -0.3 is 49.7 Å². The Balaban J connectivity index is 2.39. The van der Waals surface area contributed by atoms with Crippen LogP contribution in [-0.2, 0) is 38.4 Å². The molecule has 0 aliphatic rings. The fourth-order valence-electron chi connectivity index (χ4n) is 5.78. The summed E-state index contributed by atoms with van der Waals surface area (Å²) in [5, 5.41) is 18.2. The Morgan fingerprint density at radius 2 is 1.37 bits per heavy atom. The molecule has 0 aliphatic carbocycles. The summed E-state index contributed by atoms with van der Waals surface area (Å²) in [6, 6.07) is 4.83. The zero-order chi connectivity index (χ0) is 36.7. The van der Waals surface area contributed by atoms with Crippen LogP contribution in [0, 0.1) is 20.8 Å². The summed E-state index contributed by atoms with van der Waals surface area (Å²) >= 11 is 0. The molecule has 0 heterocycles. The monoisotopic (exact) mass is 681 g/mol. The van der Waals surface area contributed by atoms with Crippen molar-refractivity contribution in [1.82, 2.24) is 16.0 Å². The number of unbranched alkanes of at least 4 members (excludes halogenated alkanes) is 1. The first-order valence-electron chi connectivity index (χ1n) is 16.8. The SMILES string of the molecule is CCc1cccc(C)c1C[C@H](NC(=O)[C@@H](CCCN=C(N)N)NC(=O)[C@@H](N)Cc1c(C)cc(O)cc1C)C(=O)N[C@@H](CCCCN)C(N)=O. The van der Waals surface area contributed by atoms with Crippen molar-refractivity contribution in [3.05, 3.63) is 63.7 Å². The second kappa shape index (κ2) is 20.0. The van der Waals surface area contributed by atoms with Gasteiger partial charge in [-0.05, 0) is 118 Å². The van der Waals surface area contributed by atoms with Crippen LogP contribution in [-0.4, -0.2) is 72.0 Å². The van der Waals surface area contributed by atoms with E-state index in [2.05, 4.69) is 20.9 Å². The van der Waals surface area contributed by atoms with E-state index in [1.165, 1.54) is 0 Å². The molecule has 0 spiro atoms. The largest absolute Gasteiger partial charge is 0.508 e. The molecule has 0 bridgehead atoms. The highest BCUT2D eigenvalue weighted by Gasteiger charge is 2.31. The van der Waals surface area contributed by atoms with Crippen molar-refractivity contribution in [2.75, 3.05) is 13.1 Å². The number of aromatic hydroxyl groups is 1. The van der Waals surface area contributed by atoms with Gasteiger partial charge in [-0.15, -0.1) is 0 Å². The first kappa shape index (κ1) is 40.5. The highest BCUT2D eigenvalue weighted by molar-refractivity contribution is 5.94. The molecule has 0 aromatic heterocycles. The minimum absolute atomic E-state index is 0.108. The number of phenols is 1. The average molecular weight is 682 g/mol. The Morgan fingerprint density at radius 1 is 0.776 bits per heavy atom. The van der Waals surface area contributed by atoms with Gasteiger partial charge in [-0.1, -0.05) is 25.1 Å². The van der Waals surface area contributed by atoms with Crippen molar-refractivity contribution in [2.24, 2.45) is 33.7 Å². The smallest absolute Gasteiger partial charge is 0.243 e. The number of nitrogens with one attached hydrogen (secondary N) is 3. The molecule has 0 saturated heterocycles. The zero-order valence-electron chi connectivity index (χ0n) is 29.2. The maximum atomic E-state index is 13.9. The van der Waals surface area contributed by atoms with Crippen LogP contribution in [0.5, 0.6) is 5.75 Å². The maximum Gasteiger partial charge on any atom is 0.243 e. The number of aryl methyl sites for hydroxylation is 4. The molecule has 0 aliphatic heterocycles. The van der Waals surface area contributed by atoms with Crippen molar-refractivity contribution < 1.29 is 24.3 Å². The van der Waals surface area contributed by atoms with Gasteiger partial charge >= 0.3 is 0 Å². The molecular weight excluding hydrogens is 626 g/mol. The van der Waals surface area contributed by atoms with Crippen LogP contribution in [0.3, 0.4) is 0 Å². The number of benzene rings is 2. The number of hydrogen-bond acceptors (Lipinski definition) is 8. The molecule has 2 rings (SSSR count).